The summed E-state index contributed by atoms with van der Waals surface area (Å²) in [5.74, 6) is -0.379. The maximum absolute atomic E-state index is 13.8. The predicted molar refractivity (Wildman–Crippen MR) is 74.9 cm³/mol. The number of nitro benzene ring substituents is 1. The zero-order chi connectivity index (χ0) is 14.7. The molecule has 0 aliphatic rings. The second-order valence-corrected chi connectivity index (χ2v) is 4.72. The normalized spacial score (nSPS) is 12.2. The topological polar surface area (TPSA) is 69.2 Å². The number of nitro groups is 1. The minimum absolute atomic E-state index is 0.00969. The van der Waals surface area contributed by atoms with Crippen LogP contribution in [0.5, 0.6) is 0 Å². The zero-order valence-electron chi connectivity index (χ0n) is 11.0. The minimum atomic E-state index is -0.614. The molecule has 2 aromatic carbocycles. The van der Waals surface area contributed by atoms with E-state index in [0.29, 0.717) is 11.1 Å². The fourth-order valence-electron chi connectivity index (χ4n) is 2.14. The van der Waals surface area contributed by atoms with E-state index in [2.05, 4.69) is 0 Å². The van der Waals surface area contributed by atoms with Gasteiger partial charge in [0.1, 0.15) is 5.82 Å². The lowest BCUT2D eigenvalue weighted by Crippen LogP contribution is -2.15. The molecule has 2 rings (SSSR count). The van der Waals surface area contributed by atoms with Gasteiger partial charge in [0, 0.05) is 23.2 Å². The summed E-state index contributed by atoms with van der Waals surface area (Å²) >= 11 is 0. The standard InChI is InChI=1S/C15H15FN2O2/c1-10-6-7-12(13(16)8-10)14(17)9-11-4-2-3-5-15(11)18(19)20/h2-8,14H,9,17H2,1H3. The third-order valence-electron chi connectivity index (χ3n) is 3.18. The van der Waals surface area contributed by atoms with E-state index < -0.39 is 11.0 Å². The first-order valence-electron chi connectivity index (χ1n) is 6.23. The Balaban J connectivity index is 2.28. The number of hydrogen-bond donors (Lipinski definition) is 1. The fourth-order valence-corrected chi connectivity index (χ4v) is 2.14. The number of benzene rings is 2. The van der Waals surface area contributed by atoms with Gasteiger partial charge in [-0.05, 0) is 25.0 Å². The van der Waals surface area contributed by atoms with Gasteiger partial charge < -0.3 is 5.73 Å². The molecule has 20 heavy (non-hydrogen) atoms. The average molecular weight is 274 g/mol. The molecule has 0 radical (unpaired) electrons. The summed E-state index contributed by atoms with van der Waals surface area (Å²) in [6.45, 7) is 1.79. The van der Waals surface area contributed by atoms with Crippen LogP contribution in [-0.4, -0.2) is 4.92 Å². The lowest BCUT2D eigenvalue weighted by atomic mass is 9.97. The maximum atomic E-state index is 13.8. The second kappa shape index (κ2) is 5.79. The van der Waals surface area contributed by atoms with Gasteiger partial charge in [-0.25, -0.2) is 4.39 Å². The van der Waals surface area contributed by atoms with Crippen molar-refractivity contribution >= 4 is 5.69 Å². The number of nitrogens with two attached hydrogens (primary N) is 1. The van der Waals surface area contributed by atoms with Crippen LogP contribution < -0.4 is 5.73 Å². The van der Waals surface area contributed by atoms with E-state index in [1.165, 1.54) is 12.1 Å². The summed E-state index contributed by atoms with van der Waals surface area (Å²) in [7, 11) is 0. The molecule has 0 saturated heterocycles. The number of hydrogen-bond acceptors (Lipinski definition) is 3. The van der Waals surface area contributed by atoms with Crippen molar-refractivity contribution in [2.24, 2.45) is 5.73 Å². The van der Waals surface area contributed by atoms with E-state index >= 15 is 0 Å². The monoisotopic (exact) mass is 274 g/mol. The molecule has 0 aliphatic carbocycles. The van der Waals surface area contributed by atoms with Crippen molar-refractivity contribution in [2.45, 2.75) is 19.4 Å². The first-order chi connectivity index (χ1) is 9.49. The van der Waals surface area contributed by atoms with Crippen LogP contribution in [0.3, 0.4) is 0 Å². The number of aryl methyl sites for hydroxylation is 1. The summed E-state index contributed by atoms with van der Waals surface area (Å²) in [6.07, 6.45) is 0.219. The van der Waals surface area contributed by atoms with E-state index in [0.717, 1.165) is 5.56 Å². The Hall–Kier alpha value is -2.27. The SMILES string of the molecule is Cc1ccc(C(N)Cc2ccccc2[N+](=O)[O-])c(F)c1. The van der Waals surface area contributed by atoms with Gasteiger partial charge in [0.25, 0.3) is 5.69 Å². The Morgan fingerprint density at radius 3 is 2.65 bits per heavy atom. The van der Waals surface area contributed by atoms with Crippen molar-refractivity contribution in [3.63, 3.8) is 0 Å². The first kappa shape index (κ1) is 14.1. The highest BCUT2D eigenvalue weighted by Gasteiger charge is 2.18. The highest BCUT2D eigenvalue weighted by Crippen LogP contribution is 2.25. The molecule has 1 atom stereocenters. The molecule has 0 aromatic heterocycles. The van der Waals surface area contributed by atoms with Crippen LogP contribution in [0.25, 0.3) is 0 Å². The molecule has 4 nitrogen and oxygen atoms in total. The van der Waals surface area contributed by atoms with E-state index in [9.17, 15) is 14.5 Å². The molecule has 104 valence electrons. The van der Waals surface area contributed by atoms with Gasteiger partial charge in [0.15, 0.2) is 0 Å². The maximum Gasteiger partial charge on any atom is 0.272 e. The molecular formula is C15H15FN2O2. The Labute approximate surface area is 116 Å². The van der Waals surface area contributed by atoms with Crippen molar-refractivity contribution in [2.75, 3.05) is 0 Å². The molecule has 0 fully saturated rings. The van der Waals surface area contributed by atoms with Gasteiger partial charge in [0.05, 0.1) is 4.92 Å². The van der Waals surface area contributed by atoms with E-state index in [4.69, 9.17) is 5.73 Å². The highest BCUT2D eigenvalue weighted by atomic mass is 19.1. The second-order valence-electron chi connectivity index (χ2n) is 4.72. The van der Waals surface area contributed by atoms with Gasteiger partial charge in [0.2, 0.25) is 0 Å². The largest absolute Gasteiger partial charge is 0.324 e. The van der Waals surface area contributed by atoms with Crippen LogP contribution in [0.15, 0.2) is 42.5 Å². The molecule has 2 aromatic rings. The van der Waals surface area contributed by atoms with Crippen molar-refractivity contribution in [3.8, 4) is 0 Å². The number of nitrogens with zero attached hydrogens (tertiary/aromatic N) is 1. The smallest absolute Gasteiger partial charge is 0.272 e. The predicted octanol–water partition coefficient (Wildman–Crippen LogP) is 3.28. The van der Waals surface area contributed by atoms with E-state index in [1.807, 2.05) is 0 Å². The Morgan fingerprint density at radius 2 is 2.00 bits per heavy atom. The van der Waals surface area contributed by atoms with Crippen molar-refractivity contribution in [1.29, 1.82) is 0 Å². The summed E-state index contributed by atoms with van der Waals surface area (Å²) < 4.78 is 13.8. The van der Waals surface area contributed by atoms with Gasteiger partial charge in [-0.2, -0.15) is 0 Å². The van der Waals surface area contributed by atoms with Crippen molar-refractivity contribution in [1.82, 2.24) is 0 Å². The van der Waals surface area contributed by atoms with E-state index in [-0.39, 0.29) is 17.9 Å². The Morgan fingerprint density at radius 1 is 1.30 bits per heavy atom. The molecule has 0 aliphatic heterocycles. The van der Waals surface area contributed by atoms with Gasteiger partial charge in [-0.3, -0.25) is 10.1 Å². The first-order valence-corrected chi connectivity index (χ1v) is 6.23. The van der Waals surface area contributed by atoms with Gasteiger partial charge >= 0.3 is 0 Å². The molecule has 2 N–H and O–H groups in total. The molecule has 0 spiro atoms. The van der Waals surface area contributed by atoms with Crippen LogP contribution in [-0.2, 0) is 6.42 Å². The number of rotatable bonds is 4. The summed E-state index contributed by atoms with van der Waals surface area (Å²) in [4.78, 5) is 10.5. The molecule has 0 bridgehead atoms. The number of halogens is 1. The lowest BCUT2D eigenvalue weighted by Gasteiger charge is -2.13. The quantitative estimate of drug-likeness (QED) is 0.687. The molecular weight excluding hydrogens is 259 g/mol. The Kier molecular flexibility index (Phi) is 4.10. The summed E-state index contributed by atoms with van der Waals surface area (Å²) in [6, 6.07) is 10.6. The van der Waals surface area contributed by atoms with Crippen molar-refractivity contribution < 1.29 is 9.31 Å². The summed E-state index contributed by atoms with van der Waals surface area (Å²) in [5.41, 5.74) is 7.68. The van der Waals surface area contributed by atoms with Crippen LogP contribution in [0, 0.1) is 22.9 Å². The zero-order valence-corrected chi connectivity index (χ0v) is 11.0. The van der Waals surface area contributed by atoms with Crippen LogP contribution in [0.4, 0.5) is 10.1 Å². The molecule has 0 saturated carbocycles. The van der Waals surface area contributed by atoms with Crippen molar-refractivity contribution in [3.05, 3.63) is 75.1 Å². The molecule has 0 heterocycles. The fraction of sp³-hybridized carbons (Fsp3) is 0.200. The minimum Gasteiger partial charge on any atom is -0.324 e. The third-order valence-corrected chi connectivity index (χ3v) is 3.18. The molecule has 0 amide bonds. The third kappa shape index (κ3) is 3.00. The highest BCUT2D eigenvalue weighted by molar-refractivity contribution is 5.41. The van der Waals surface area contributed by atoms with Crippen LogP contribution >= 0.6 is 0 Å². The van der Waals surface area contributed by atoms with Gasteiger partial charge in [-0.15, -0.1) is 0 Å². The molecule has 1 unspecified atom stereocenters. The molecule has 5 heteroatoms. The van der Waals surface area contributed by atoms with Crippen LogP contribution in [0.1, 0.15) is 22.7 Å². The lowest BCUT2D eigenvalue weighted by molar-refractivity contribution is -0.385. The van der Waals surface area contributed by atoms with E-state index in [1.54, 1.807) is 37.3 Å². The Bertz CT molecular complexity index is 644. The number of para-hydroxylation sites is 1. The van der Waals surface area contributed by atoms with Gasteiger partial charge in [-0.1, -0.05) is 30.3 Å². The van der Waals surface area contributed by atoms with Crippen LogP contribution in [0.2, 0.25) is 0 Å². The summed E-state index contributed by atoms with van der Waals surface area (Å²) in [5, 5.41) is 10.9. The average Bonchev–Trinajstić information content (AvgIpc) is 2.38.